The molecule has 0 aliphatic heterocycles. The van der Waals surface area contributed by atoms with Crippen molar-refractivity contribution in [2.45, 2.75) is 20.3 Å². The molecule has 0 fully saturated rings. The fraction of sp³-hybridized carbons (Fsp3) is 0.190. The van der Waals surface area contributed by atoms with Crippen LogP contribution >= 0.6 is 12.4 Å². The Bertz CT molecular complexity index is 1040. The molecule has 2 heterocycles. The van der Waals surface area contributed by atoms with Crippen LogP contribution in [0.2, 0.25) is 0 Å². The van der Waals surface area contributed by atoms with Gasteiger partial charge < -0.3 is 15.0 Å². The lowest BCUT2D eigenvalue weighted by atomic mass is 10.1. The minimum Gasteiger partial charge on any atom is -0.478 e. The predicted molar refractivity (Wildman–Crippen MR) is 111 cm³/mol. The standard InChI is InChI=1S/C21H21N3O.ClH/c1-3-10-25-21-13-20(17-6-4-5-7-19(17)24-21)23-16-8-9-18-15(12-16)11-14(2)22-18;/h4-9,11-13,22H,3,10H2,1-2H3,(H,23,24);1H. The van der Waals surface area contributed by atoms with Gasteiger partial charge in [0.25, 0.3) is 0 Å². The number of hydrogen-bond acceptors (Lipinski definition) is 3. The molecule has 0 amide bonds. The SMILES string of the molecule is CCCOc1cc(Nc2ccc3[nH]c(C)cc3c2)c2ccccc2n1.Cl. The van der Waals surface area contributed by atoms with Crippen LogP contribution in [0, 0.1) is 6.92 Å². The number of nitrogens with zero attached hydrogens (tertiary/aromatic N) is 1. The largest absolute Gasteiger partial charge is 0.478 e. The molecule has 4 nitrogen and oxygen atoms in total. The number of H-pyrrole nitrogens is 1. The number of fused-ring (bicyclic) bond motifs is 2. The maximum Gasteiger partial charge on any atom is 0.215 e. The van der Waals surface area contributed by atoms with Gasteiger partial charge in [0.1, 0.15) is 0 Å². The Morgan fingerprint density at radius 3 is 2.77 bits per heavy atom. The van der Waals surface area contributed by atoms with E-state index in [1.807, 2.05) is 24.3 Å². The fourth-order valence-electron chi connectivity index (χ4n) is 3.05. The number of nitrogens with one attached hydrogen (secondary N) is 2. The van der Waals surface area contributed by atoms with Gasteiger partial charge in [-0.25, -0.2) is 4.98 Å². The molecular weight excluding hydrogens is 346 g/mol. The molecule has 0 spiro atoms. The first-order chi connectivity index (χ1) is 12.2. The van der Waals surface area contributed by atoms with Gasteiger partial charge in [0.15, 0.2) is 0 Å². The van der Waals surface area contributed by atoms with E-state index >= 15 is 0 Å². The molecule has 0 saturated heterocycles. The lowest BCUT2D eigenvalue weighted by Crippen LogP contribution is -2.00. The number of anilines is 2. The van der Waals surface area contributed by atoms with Crippen molar-refractivity contribution in [2.24, 2.45) is 0 Å². The van der Waals surface area contributed by atoms with Crippen molar-refractivity contribution in [2.75, 3.05) is 11.9 Å². The first-order valence-electron chi connectivity index (χ1n) is 8.62. The Hall–Kier alpha value is -2.72. The Morgan fingerprint density at radius 2 is 1.92 bits per heavy atom. The molecule has 0 radical (unpaired) electrons. The van der Waals surface area contributed by atoms with Crippen molar-refractivity contribution in [1.29, 1.82) is 0 Å². The lowest BCUT2D eigenvalue weighted by molar-refractivity contribution is 0.306. The van der Waals surface area contributed by atoms with Gasteiger partial charge in [-0.1, -0.05) is 25.1 Å². The van der Waals surface area contributed by atoms with Crippen LogP contribution in [-0.2, 0) is 0 Å². The molecule has 0 atom stereocenters. The van der Waals surface area contributed by atoms with Gasteiger partial charge in [-0.3, -0.25) is 0 Å². The average molecular weight is 368 g/mol. The van der Waals surface area contributed by atoms with E-state index in [0.29, 0.717) is 12.5 Å². The number of hydrogen-bond donors (Lipinski definition) is 2. The van der Waals surface area contributed by atoms with Crippen LogP contribution in [0.4, 0.5) is 11.4 Å². The summed E-state index contributed by atoms with van der Waals surface area (Å²) in [4.78, 5) is 7.95. The molecule has 26 heavy (non-hydrogen) atoms. The summed E-state index contributed by atoms with van der Waals surface area (Å²) in [6.45, 7) is 4.83. The minimum absolute atomic E-state index is 0. The number of aryl methyl sites for hydroxylation is 1. The molecular formula is C21H22ClN3O. The smallest absolute Gasteiger partial charge is 0.215 e. The van der Waals surface area contributed by atoms with Crippen LogP contribution in [0.25, 0.3) is 21.8 Å². The Labute approximate surface area is 159 Å². The van der Waals surface area contributed by atoms with Crippen molar-refractivity contribution in [1.82, 2.24) is 9.97 Å². The van der Waals surface area contributed by atoms with Crippen LogP contribution in [0.1, 0.15) is 19.0 Å². The normalized spacial score (nSPS) is 10.7. The van der Waals surface area contributed by atoms with Gasteiger partial charge in [0.2, 0.25) is 5.88 Å². The number of ether oxygens (including phenoxy) is 1. The van der Waals surface area contributed by atoms with E-state index in [9.17, 15) is 0 Å². The van der Waals surface area contributed by atoms with Crippen molar-refractivity contribution in [3.8, 4) is 5.88 Å². The molecule has 0 bridgehead atoms. The zero-order chi connectivity index (χ0) is 17.2. The summed E-state index contributed by atoms with van der Waals surface area (Å²) >= 11 is 0. The van der Waals surface area contributed by atoms with Crippen LogP contribution in [0.5, 0.6) is 5.88 Å². The minimum atomic E-state index is 0. The summed E-state index contributed by atoms with van der Waals surface area (Å²) in [5, 5.41) is 5.81. The highest BCUT2D eigenvalue weighted by molar-refractivity contribution is 5.94. The van der Waals surface area contributed by atoms with E-state index in [-0.39, 0.29) is 12.4 Å². The molecule has 2 aromatic carbocycles. The molecule has 5 heteroatoms. The molecule has 134 valence electrons. The highest BCUT2D eigenvalue weighted by Gasteiger charge is 2.08. The molecule has 2 aromatic heterocycles. The van der Waals surface area contributed by atoms with Gasteiger partial charge >= 0.3 is 0 Å². The van der Waals surface area contributed by atoms with E-state index in [1.165, 1.54) is 5.39 Å². The second kappa shape index (κ2) is 7.67. The summed E-state index contributed by atoms with van der Waals surface area (Å²) in [5.74, 6) is 0.654. The summed E-state index contributed by atoms with van der Waals surface area (Å²) in [6, 6.07) is 18.6. The monoisotopic (exact) mass is 367 g/mol. The van der Waals surface area contributed by atoms with E-state index < -0.39 is 0 Å². The quantitative estimate of drug-likeness (QED) is 0.456. The zero-order valence-corrected chi connectivity index (χ0v) is 15.7. The van der Waals surface area contributed by atoms with Crippen molar-refractivity contribution >= 4 is 45.6 Å². The average Bonchev–Trinajstić information content (AvgIpc) is 2.99. The van der Waals surface area contributed by atoms with Crippen molar-refractivity contribution < 1.29 is 4.74 Å². The number of rotatable bonds is 5. The van der Waals surface area contributed by atoms with Gasteiger partial charge in [-0.2, -0.15) is 0 Å². The number of pyridine rings is 1. The van der Waals surface area contributed by atoms with E-state index in [0.717, 1.165) is 39.9 Å². The highest BCUT2D eigenvalue weighted by Crippen LogP contribution is 2.30. The topological polar surface area (TPSA) is 49.9 Å². The van der Waals surface area contributed by atoms with Crippen LogP contribution < -0.4 is 10.1 Å². The van der Waals surface area contributed by atoms with Crippen LogP contribution in [0.3, 0.4) is 0 Å². The third-order valence-electron chi connectivity index (χ3n) is 4.18. The second-order valence-corrected chi connectivity index (χ2v) is 6.25. The molecule has 0 unspecified atom stereocenters. The van der Waals surface area contributed by atoms with Gasteiger partial charge in [0, 0.05) is 33.7 Å². The number of aromatic nitrogens is 2. The first-order valence-corrected chi connectivity index (χ1v) is 8.62. The zero-order valence-electron chi connectivity index (χ0n) is 14.9. The van der Waals surface area contributed by atoms with E-state index in [1.54, 1.807) is 0 Å². The van der Waals surface area contributed by atoms with Gasteiger partial charge in [0.05, 0.1) is 17.8 Å². The molecule has 0 saturated carbocycles. The Morgan fingerprint density at radius 1 is 1.08 bits per heavy atom. The Balaban J connectivity index is 0.00000196. The van der Waals surface area contributed by atoms with Gasteiger partial charge in [-0.15, -0.1) is 12.4 Å². The number of benzene rings is 2. The van der Waals surface area contributed by atoms with Crippen molar-refractivity contribution in [3.63, 3.8) is 0 Å². The fourth-order valence-corrected chi connectivity index (χ4v) is 3.05. The maximum absolute atomic E-state index is 5.76. The van der Waals surface area contributed by atoms with Gasteiger partial charge in [-0.05, 0) is 43.7 Å². The number of para-hydroxylation sites is 1. The summed E-state index contributed by atoms with van der Waals surface area (Å²) in [5.41, 5.74) is 5.29. The molecule has 4 rings (SSSR count). The predicted octanol–water partition coefficient (Wildman–Crippen LogP) is 5.98. The maximum atomic E-state index is 5.76. The second-order valence-electron chi connectivity index (χ2n) is 6.25. The molecule has 4 aromatic rings. The third-order valence-corrected chi connectivity index (χ3v) is 4.18. The third kappa shape index (κ3) is 3.60. The van der Waals surface area contributed by atoms with Crippen molar-refractivity contribution in [3.05, 3.63) is 60.3 Å². The Kier molecular flexibility index (Phi) is 5.33. The van der Waals surface area contributed by atoms with Crippen LogP contribution in [0.15, 0.2) is 54.6 Å². The summed E-state index contributed by atoms with van der Waals surface area (Å²) < 4.78 is 5.76. The van der Waals surface area contributed by atoms with Crippen LogP contribution in [-0.4, -0.2) is 16.6 Å². The summed E-state index contributed by atoms with van der Waals surface area (Å²) in [7, 11) is 0. The molecule has 0 aliphatic carbocycles. The highest BCUT2D eigenvalue weighted by atomic mass is 35.5. The molecule has 2 N–H and O–H groups in total. The number of aromatic amines is 1. The molecule has 0 aliphatic rings. The van der Waals surface area contributed by atoms with E-state index in [4.69, 9.17) is 4.74 Å². The van der Waals surface area contributed by atoms with E-state index in [2.05, 4.69) is 59.5 Å². The first kappa shape index (κ1) is 18.1. The summed E-state index contributed by atoms with van der Waals surface area (Å²) in [6.07, 6.45) is 0.959. The lowest BCUT2D eigenvalue weighted by Gasteiger charge is -2.12. The number of halogens is 1.